The van der Waals surface area contributed by atoms with Gasteiger partial charge in [0.1, 0.15) is 19.3 Å². The highest BCUT2D eigenvalue weighted by atomic mass is 31.2. The summed E-state index contributed by atoms with van der Waals surface area (Å²) in [6.45, 7) is 9.42. The van der Waals surface area contributed by atoms with Crippen LogP contribution in [0.2, 0.25) is 0 Å². The maximum atomic E-state index is 13.0. The van der Waals surface area contributed by atoms with E-state index in [1.807, 2.05) is 0 Å². The monoisotopic (exact) mass is 1280 g/mol. The Morgan fingerprint density at radius 3 is 0.874 bits per heavy atom. The number of carbonyl (C=O) groups excluding carboxylic acids is 4. The van der Waals surface area contributed by atoms with Crippen molar-refractivity contribution >= 4 is 39.5 Å². The van der Waals surface area contributed by atoms with Crippen LogP contribution in [-0.4, -0.2) is 96.7 Å². The van der Waals surface area contributed by atoms with Gasteiger partial charge >= 0.3 is 39.5 Å². The van der Waals surface area contributed by atoms with Crippen LogP contribution < -0.4 is 0 Å². The molecule has 3 unspecified atom stereocenters. The number of aliphatic hydroxyl groups excluding tert-OH is 1. The lowest BCUT2D eigenvalue weighted by atomic mass is 10.00. The van der Waals surface area contributed by atoms with Crippen molar-refractivity contribution < 1.29 is 80.2 Å². The van der Waals surface area contributed by atoms with Crippen molar-refractivity contribution in [2.24, 2.45) is 11.8 Å². The summed E-state index contributed by atoms with van der Waals surface area (Å²) in [5, 5.41) is 10.6. The molecule has 0 bridgehead atoms. The first kappa shape index (κ1) is 85.1. The van der Waals surface area contributed by atoms with Crippen molar-refractivity contribution in [3.8, 4) is 0 Å². The van der Waals surface area contributed by atoms with Crippen LogP contribution in [0.1, 0.15) is 343 Å². The van der Waals surface area contributed by atoms with E-state index in [0.29, 0.717) is 31.6 Å². The van der Waals surface area contributed by atoms with Gasteiger partial charge in [0.05, 0.1) is 26.4 Å². The van der Waals surface area contributed by atoms with E-state index in [0.717, 1.165) is 102 Å². The van der Waals surface area contributed by atoms with Crippen molar-refractivity contribution in [2.45, 2.75) is 362 Å². The number of unbranched alkanes of at least 4 members (excludes halogenated alkanes) is 36. The predicted molar refractivity (Wildman–Crippen MR) is 349 cm³/mol. The standard InChI is InChI=1S/C68H132O17P2/c1-7-10-12-14-16-18-20-21-22-23-24-25-26-28-32-40-46-52-67(72)84-63(56-79-66(71)51-45-39-33-29-30-36-42-48-60(4)5)58-82-86(74,75)80-54-62(69)55-81-87(76,77)83-59-64(85-68(73)53-47-41-35-34-37-43-49-61(6)9-3)57-78-65(70)50-44-38-31-27-19-17-15-13-11-8-2/h60-64,69H,7-59H2,1-6H3,(H,74,75)(H,76,77)/t61?,62-,63-,64-/m1/s1. The predicted octanol–water partition coefficient (Wildman–Crippen LogP) is 19.2. The van der Waals surface area contributed by atoms with Crippen molar-refractivity contribution in [2.75, 3.05) is 39.6 Å². The Labute approximate surface area is 530 Å². The third kappa shape index (κ3) is 61.3. The highest BCUT2D eigenvalue weighted by Crippen LogP contribution is 2.45. The molecule has 0 saturated carbocycles. The van der Waals surface area contributed by atoms with E-state index in [1.54, 1.807) is 0 Å². The lowest BCUT2D eigenvalue weighted by molar-refractivity contribution is -0.161. The minimum Gasteiger partial charge on any atom is -0.462 e. The van der Waals surface area contributed by atoms with Crippen molar-refractivity contribution in [1.82, 2.24) is 0 Å². The molecule has 0 aromatic rings. The van der Waals surface area contributed by atoms with Crippen molar-refractivity contribution in [1.29, 1.82) is 0 Å². The molecule has 17 nitrogen and oxygen atoms in total. The van der Waals surface area contributed by atoms with Crippen LogP contribution in [0.5, 0.6) is 0 Å². The van der Waals surface area contributed by atoms with Crippen molar-refractivity contribution in [3.05, 3.63) is 0 Å². The van der Waals surface area contributed by atoms with Gasteiger partial charge in [0.15, 0.2) is 12.2 Å². The smallest absolute Gasteiger partial charge is 0.462 e. The van der Waals surface area contributed by atoms with Gasteiger partial charge in [-0.25, -0.2) is 9.13 Å². The van der Waals surface area contributed by atoms with Gasteiger partial charge in [-0.3, -0.25) is 37.3 Å². The molecule has 87 heavy (non-hydrogen) atoms. The summed E-state index contributed by atoms with van der Waals surface area (Å²) in [5.41, 5.74) is 0. The number of rotatable bonds is 67. The van der Waals surface area contributed by atoms with Gasteiger partial charge in [0, 0.05) is 25.7 Å². The SMILES string of the molecule is CCCCCCCCCCCCCCCCCCCC(=O)O[C@H](COC(=O)CCCCCCCCCC(C)C)COP(=O)(O)OC[C@@H](O)COP(=O)(O)OC[C@@H](COC(=O)CCCCCCCCCCCC)OC(=O)CCCCCCCCC(C)CC. The molecule has 0 amide bonds. The normalized spacial score (nSPS) is 14.5. The highest BCUT2D eigenvalue weighted by Gasteiger charge is 2.30. The summed E-state index contributed by atoms with van der Waals surface area (Å²) >= 11 is 0. The molecule has 0 spiro atoms. The van der Waals surface area contributed by atoms with Gasteiger partial charge in [0.2, 0.25) is 0 Å². The fraction of sp³-hybridized carbons (Fsp3) is 0.941. The van der Waals surface area contributed by atoms with Crippen LogP contribution in [0.4, 0.5) is 0 Å². The molecule has 0 saturated heterocycles. The number of ether oxygens (including phenoxy) is 4. The summed E-state index contributed by atoms with van der Waals surface area (Å²) in [4.78, 5) is 72.4. The lowest BCUT2D eigenvalue weighted by Crippen LogP contribution is -2.30. The quantitative estimate of drug-likeness (QED) is 0.0222. The summed E-state index contributed by atoms with van der Waals surface area (Å²) in [7, 11) is -9.89. The molecule has 0 aliphatic rings. The summed E-state index contributed by atoms with van der Waals surface area (Å²) < 4.78 is 68.1. The third-order valence-electron chi connectivity index (χ3n) is 16.1. The van der Waals surface area contributed by atoms with E-state index in [9.17, 15) is 43.2 Å². The molecule has 0 aromatic heterocycles. The molecule has 0 rings (SSSR count). The number of hydrogen-bond acceptors (Lipinski definition) is 15. The van der Waals surface area contributed by atoms with Crippen LogP contribution >= 0.6 is 15.6 Å². The number of hydrogen-bond donors (Lipinski definition) is 3. The Morgan fingerprint density at radius 1 is 0.333 bits per heavy atom. The van der Waals surface area contributed by atoms with E-state index in [2.05, 4.69) is 41.5 Å². The average Bonchev–Trinajstić information content (AvgIpc) is 3.70. The second-order valence-corrected chi connectivity index (χ2v) is 28.2. The zero-order valence-electron chi connectivity index (χ0n) is 56.3. The minimum atomic E-state index is -4.95. The number of phosphoric acid groups is 2. The molecule has 0 heterocycles. The Hall–Kier alpha value is -1.94. The number of esters is 4. The van der Waals surface area contributed by atoms with Gasteiger partial charge in [-0.15, -0.1) is 0 Å². The van der Waals surface area contributed by atoms with Gasteiger partial charge in [0.25, 0.3) is 0 Å². The number of carbonyl (C=O) groups is 4. The number of phosphoric ester groups is 2. The van der Waals surface area contributed by atoms with E-state index in [4.69, 9.17) is 37.0 Å². The minimum absolute atomic E-state index is 0.103. The van der Waals surface area contributed by atoms with Crippen LogP contribution in [0.25, 0.3) is 0 Å². The zero-order valence-corrected chi connectivity index (χ0v) is 58.1. The number of aliphatic hydroxyl groups is 1. The molecule has 0 aromatic carbocycles. The molecule has 0 aliphatic carbocycles. The van der Waals surface area contributed by atoms with Crippen LogP contribution in [0.3, 0.4) is 0 Å². The van der Waals surface area contributed by atoms with Gasteiger partial charge < -0.3 is 33.8 Å². The molecule has 0 aliphatic heterocycles. The molecular weight excluding hydrogens is 1150 g/mol. The third-order valence-corrected chi connectivity index (χ3v) is 18.0. The summed E-state index contributed by atoms with van der Waals surface area (Å²) in [6, 6.07) is 0. The maximum absolute atomic E-state index is 13.0. The Kier molecular flexibility index (Phi) is 59.0. The fourth-order valence-electron chi connectivity index (χ4n) is 10.2. The Morgan fingerprint density at radius 2 is 0.586 bits per heavy atom. The molecule has 19 heteroatoms. The van der Waals surface area contributed by atoms with E-state index in [1.165, 1.54) is 154 Å². The van der Waals surface area contributed by atoms with Gasteiger partial charge in [-0.2, -0.15) is 0 Å². The van der Waals surface area contributed by atoms with E-state index >= 15 is 0 Å². The van der Waals surface area contributed by atoms with Crippen molar-refractivity contribution in [3.63, 3.8) is 0 Å². The average molecular weight is 1280 g/mol. The maximum Gasteiger partial charge on any atom is 0.472 e. The second kappa shape index (κ2) is 60.3. The molecule has 3 N–H and O–H groups in total. The highest BCUT2D eigenvalue weighted by molar-refractivity contribution is 7.47. The largest absolute Gasteiger partial charge is 0.472 e. The fourth-order valence-corrected chi connectivity index (χ4v) is 11.8. The molecular formula is C68H132O17P2. The lowest BCUT2D eigenvalue weighted by Gasteiger charge is -2.21. The van der Waals surface area contributed by atoms with E-state index < -0.39 is 97.5 Å². The van der Waals surface area contributed by atoms with Crippen LogP contribution in [0.15, 0.2) is 0 Å². The first-order chi connectivity index (χ1) is 41.9. The molecule has 0 radical (unpaired) electrons. The topological polar surface area (TPSA) is 237 Å². The summed E-state index contributed by atoms with van der Waals surface area (Å²) in [5.74, 6) is -0.706. The van der Waals surface area contributed by atoms with Crippen LogP contribution in [0, 0.1) is 11.8 Å². The summed E-state index contributed by atoms with van der Waals surface area (Å²) in [6.07, 6.45) is 44.6. The first-order valence-electron chi connectivity index (χ1n) is 35.5. The Bertz CT molecular complexity index is 1700. The first-order valence-corrected chi connectivity index (χ1v) is 38.5. The van der Waals surface area contributed by atoms with Gasteiger partial charge in [-0.05, 0) is 37.5 Å². The molecule has 0 fully saturated rings. The molecule has 516 valence electrons. The van der Waals surface area contributed by atoms with E-state index in [-0.39, 0.29) is 25.7 Å². The second-order valence-electron chi connectivity index (χ2n) is 25.3. The molecule has 6 atom stereocenters. The van der Waals surface area contributed by atoms with Crippen LogP contribution in [-0.2, 0) is 65.4 Å². The Balaban J connectivity index is 5.21. The zero-order chi connectivity index (χ0) is 64.3. The van der Waals surface area contributed by atoms with Gasteiger partial charge in [-0.1, -0.05) is 292 Å².